The molecule has 2 aromatic carbocycles. The highest BCUT2D eigenvalue weighted by molar-refractivity contribution is 6.27. The molecule has 0 atom stereocenters. The number of fused-ring (bicyclic) bond motifs is 1. The van der Waals surface area contributed by atoms with Gasteiger partial charge in [-0.2, -0.15) is 0 Å². The van der Waals surface area contributed by atoms with Gasteiger partial charge in [0, 0.05) is 37.7 Å². The maximum absolute atomic E-state index is 14.0. The largest absolute Gasteiger partial charge is 0.506 e. The average molecular weight is 452 g/mol. The molecule has 0 bridgehead atoms. The fourth-order valence-corrected chi connectivity index (χ4v) is 4.59. The summed E-state index contributed by atoms with van der Waals surface area (Å²) in [6, 6.07) is 6.93. The Kier molecular flexibility index (Phi) is 6.29. The minimum absolute atomic E-state index is 0.125. The predicted molar refractivity (Wildman–Crippen MR) is 121 cm³/mol. The number of nitrogens with one attached hydrogen (secondary N) is 1. The quantitative estimate of drug-likeness (QED) is 0.553. The monoisotopic (exact) mass is 452 g/mol. The second-order valence-electron chi connectivity index (χ2n) is 8.42. The Hall–Kier alpha value is -3.52. The Balaban J connectivity index is 1.69. The molecule has 0 spiro atoms. The number of benzene rings is 2. The third-order valence-electron chi connectivity index (χ3n) is 6.27. The number of likely N-dealkylation sites (tertiary alicyclic amines) is 1. The van der Waals surface area contributed by atoms with Gasteiger partial charge in [0.1, 0.15) is 17.1 Å². The van der Waals surface area contributed by atoms with Crippen molar-refractivity contribution in [1.82, 2.24) is 4.90 Å². The number of halogens is 1. The zero-order valence-corrected chi connectivity index (χ0v) is 18.3. The summed E-state index contributed by atoms with van der Waals surface area (Å²) >= 11 is 0. The molecule has 0 amide bonds. The number of aliphatic hydroxyl groups is 1. The molecule has 0 saturated carbocycles. The number of rotatable bonds is 7. The van der Waals surface area contributed by atoms with E-state index in [4.69, 9.17) is 0 Å². The number of ketones is 2. The van der Waals surface area contributed by atoms with E-state index in [1.807, 2.05) is 0 Å². The lowest BCUT2D eigenvalue weighted by Crippen LogP contribution is -2.25. The van der Waals surface area contributed by atoms with Gasteiger partial charge in [-0.3, -0.25) is 14.5 Å². The van der Waals surface area contributed by atoms with Crippen LogP contribution in [0.1, 0.15) is 45.5 Å². The van der Waals surface area contributed by atoms with Gasteiger partial charge >= 0.3 is 5.97 Å². The molecule has 0 unspecified atom stereocenters. The molecule has 1 heterocycles. The Bertz CT molecular complexity index is 1180. The number of hydrogen-bond donors (Lipinski definition) is 3. The number of carboxylic acids is 1. The molecule has 1 aliphatic carbocycles. The molecule has 172 valence electrons. The number of nitrogens with zero attached hydrogens (tertiary/aromatic N) is 1. The summed E-state index contributed by atoms with van der Waals surface area (Å²) in [6.45, 7) is 2.29. The summed E-state index contributed by atoms with van der Waals surface area (Å²) in [6.07, 6.45) is 1.83. The maximum Gasteiger partial charge on any atom is 0.335 e. The summed E-state index contributed by atoms with van der Waals surface area (Å²) in [5.41, 5.74) is 2.04. The molecule has 8 heteroatoms. The van der Waals surface area contributed by atoms with Crippen LogP contribution >= 0.6 is 0 Å². The van der Waals surface area contributed by atoms with Crippen molar-refractivity contribution in [3.8, 4) is 0 Å². The highest BCUT2D eigenvalue weighted by Gasteiger charge is 2.32. The number of Topliss-reactive ketones (excluding diaryl/α,β-unsaturated/α-hetero) is 2. The van der Waals surface area contributed by atoms with Crippen LogP contribution in [0.15, 0.2) is 35.9 Å². The first kappa shape index (κ1) is 22.7. The molecule has 33 heavy (non-hydrogen) atoms. The van der Waals surface area contributed by atoms with Crippen LogP contribution in [-0.2, 0) is 29.0 Å². The van der Waals surface area contributed by atoms with Crippen LogP contribution in [-0.4, -0.2) is 52.8 Å². The number of carboxylic acid groups (broad SMARTS) is 1. The van der Waals surface area contributed by atoms with Gasteiger partial charge in [0.15, 0.2) is 11.6 Å². The molecule has 7 nitrogen and oxygen atoms in total. The van der Waals surface area contributed by atoms with Crippen molar-refractivity contribution < 1.29 is 29.0 Å². The Morgan fingerprint density at radius 2 is 1.85 bits per heavy atom. The molecule has 1 aliphatic heterocycles. The summed E-state index contributed by atoms with van der Waals surface area (Å²) in [7, 11) is 1.59. The molecular weight excluding hydrogens is 427 g/mol. The van der Waals surface area contributed by atoms with Crippen LogP contribution in [0.4, 0.5) is 10.1 Å². The van der Waals surface area contributed by atoms with Gasteiger partial charge in [-0.25, -0.2) is 9.18 Å². The number of carbonyl (C=O) groups excluding carboxylic acids is 2. The Morgan fingerprint density at radius 1 is 1.12 bits per heavy atom. The number of carbonyl (C=O) groups is 3. The van der Waals surface area contributed by atoms with Gasteiger partial charge in [-0.1, -0.05) is 6.07 Å². The van der Waals surface area contributed by atoms with E-state index >= 15 is 0 Å². The fourth-order valence-electron chi connectivity index (χ4n) is 4.59. The molecular formula is C25H25FN2O5. The van der Waals surface area contributed by atoms with E-state index in [0.717, 1.165) is 32.0 Å². The molecule has 0 aromatic heterocycles. The topological polar surface area (TPSA) is 107 Å². The first-order valence-corrected chi connectivity index (χ1v) is 10.9. The van der Waals surface area contributed by atoms with E-state index in [9.17, 15) is 29.0 Å². The Morgan fingerprint density at radius 3 is 2.52 bits per heavy atom. The van der Waals surface area contributed by atoms with Crippen LogP contribution in [0.25, 0.3) is 5.76 Å². The third-order valence-corrected chi connectivity index (χ3v) is 6.27. The maximum atomic E-state index is 14.0. The number of aromatic carboxylic acids is 1. The van der Waals surface area contributed by atoms with E-state index < -0.39 is 29.1 Å². The van der Waals surface area contributed by atoms with Crippen LogP contribution in [0.5, 0.6) is 0 Å². The fraction of sp³-hybridized carbons (Fsp3) is 0.320. The number of hydrogen-bond acceptors (Lipinski definition) is 6. The van der Waals surface area contributed by atoms with Gasteiger partial charge in [-0.05, 0) is 66.9 Å². The van der Waals surface area contributed by atoms with Crippen molar-refractivity contribution in [3.63, 3.8) is 0 Å². The standard InChI is InChI=1S/C25H25FN2O5/c1-27-20-11-17(26)10-19-18(20)12-22(30)23(24(19)31)21(29)9-14-4-5-15(25(32)33)8-16(14)13-28-6-2-3-7-28/h4-5,8,10-11,27,31H,2-3,6-7,9,12-13H2,1H3,(H,32,33). The second kappa shape index (κ2) is 9.15. The summed E-state index contributed by atoms with van der Waals surface area (Å²) in [5, 5.41) is 22.9. The minimum atomic E-state index is -1.06. The number of allylic oxidation sites excluding steroid dienone is 1. The van der Waals surface area contributed by atoms with Crippen molar-refractivity contribution in [2.24, 2.45) is 0 Å². The minimum Gasteiger partial charge on any atom is -0.506 e. The molecule has 3 N–H and O–H groups in total. The van der Waals surface area contributed by atoms with E-state index in [2.05, 4.69) is 10.2 Å². The number of anilines is 1. The zero-order chi connectivity index (χ0) is 23.7. The van der Waals surface area contributed by atoms with Gasteiger partial charge in [0.25, 0.3) is 0 Å². The second-order valence-corrected chi connectivity index (χ2v) is 8.42. The summed E-state index contributed by atoms with van der Waals surface area (Å²) in [5.74, 6) is -3.29. The lowest BCUT2D eigenvalue weighted by atomic mass is 9.84. The van der Waals surface area contributed by atoms with Crippen molar-refractivity contribution in [2.45, 2.75) is 32.2 Å². The van der Waals surface area contributed by atoms with E-state index in [0.29, 0.717) is 28.9 Å². The SMILES string of the molecule is CNc1cc(F)cc2c1CC(=O)C(C(=O)Cc1ccc(C(=O)O)cc1CN1CCCC1)=C2O. The van der Waals surface area contributed by atoms with Gasteiger partial charge in [-0.15, -0.1) is 0 Å². The van der Waals surface area contributed by atoms with E-state index in [1.54, 1.807) is 19.2 Å². The van der Waals surface area contributed by atoms with E-state index in [1.165, 1.54) is 12.1 Å². The molecule has 2 aliphatic rings. The van der Waals surface area contributed by atoms with Crippen molar-refractivity contribution in [2.75, 3.05) is 25.5 Å². The Labute approximate surface area is 190 Å². The molecule has 2 aromatic rings. The third kappa shape index (κ3) is 4.52. The normalized spacial score (nSPS) is 16.1. The van der Waals surface area contributed by atoms with Crippen LogP contribution in [0.3, 0.4) is 0 Å². The lowest BCUT2D eigenvalue weighted by Gasteiger charge is -2.22. The van der Waals surface area contributed by atoms with E-state index in [-0.39, 0.29) is 29.5 Å². The first-order valence-electron chi connectivity index (χ1n) is 10.9. The predicted octanol–water partition coefficient (Wildman–Crippen LogP) is 3.37. The van der Waals surface area contributed by atoms with Gasteiger partial charge in [0.2, 0.25) is 0 Å². The van der Waals surface area contributed by atoms with Crippen molar-refractivity contribution >= 4 is 29.0 Å². The van der Waals surface area contributed by atoms with Crippen LogP contribution in [0.2, 0.25) is 0 Å². The highest BCUT2D eigenvalue weighted by Crippen LogP contribution is 2.34. The summed E-state index contributed by atoms with van der Waals surface area (Å²) in [4.78, 5) is 39.6. The highest BCUT2D eigenvalue weighted by atomic mass is 19.1. The molecule has 1 fully saturated rings. The molecule has 0 radical (unpaired) electrons. The number of aliphatic hydroxyl groups excluding tert-OH is 1. The van der Waals surface area contributed by atoms with Crippen molar-refractivity contribution in [3.05, 3.63) is 69.5 Å². The van der Waals surface area contributed by atoms with Gasteiger partial charge < -0.3 is 15.5 Å². The molecule has 1 saturated heterocycles. The lowest BCUT2D eigenvalue weighted by molar-refractivity contribution is -0.120. The van der Waals surface area contributed by atoms with Crippen LogP contribution < -0.4 is 5.32 Å². The zero-order valence-electron chi connectivity index (χ0n) is 18.3. The molecule has 4 rings (SSSR count). The first-order chi connectivity index (χ1) is 15.8. The van der Waals surface area contributed by atoms with Crippen molar-refractivity contribution in [1.29, 1.82) is 0 Å². The average Bonchev–Trinajstić information content (AvgIpc) is 3.28. The smallest absolute Gasteiger partial charge is 0.335 e. The summed E-state index contributed by atoms with van der Waals surface area (Å²) < 4.78 is 14.0. The van der Waals surface area contributed by atoms with Gasteiger partial charge in [0.05, 0.1) is 5.56 Å². The van der Waals surface area contributed by atoms with Crippen LogP contribution in [0, 0.1) is 5.82 Å².